The van der Waals surface area contributed by atoms with Gasteiger partial charge in [-0.15, -0.1) is 0 Å². The fraction of sp³-hybridized carbons (Fsp3) is 0.750. The van der Waals surface area contributed by atoms with Crippen LogP contribution in [0.2, 0.25) is 0 Å². The quantitative estimate of drug-likeness (QED) is 0.631. The third-order valence-corrected chi connectivity index (χ3v) is 8.01. The van der Waals surface area contributed by atoms with Gasteiger partial charge in [-0.3, -0.25) is 15.1 Å². The molecule has 4 heterocycles. The van der Waals surface area contributed by atoms with Crippen molar-refractivity contribution in [2.24, 2.45) is 11.8 Å². The second-order valence-corrected chi connectivity index (χ2v) is 9.84. The Kier molecular flexibility index (Phi) is 7.13. The van der Waals surface area contributed by atoms with Crippen LogP contribution in [0, 0.1) is 23.5 Å². The number of nitrogens with zero attached hydrogens (tertiary/aromatic N) is 3. The van der Waals surface area contributed by atoms with Gasteiger partial charge in [0.05, 0.1) is 40.3 Å². The average Bonchev–Trinajstić information content (AvgIpc) is 3.27. The summed E-state index contributed by atoms with van der Waals surface area (Å²) >= 11 is 0. The van der Waals surface area contributed by atoms with Gasteiger partial charge < -0.3 is 24.4 Å². The summed E-state index contributed by atoms with van der Waals surface area (Å²) in [6.07, 6.45) is 1.38. The molecular weight excluding hydrogens is 444 g/mol. The van der Waals surface area contributed by atoms with E-state index in [0.29, 0.717) is 31.2 Å². The number of benzene rings is 1. The van der Waals surface area contributed by atoms with E-state index in [4.69, 9.17) is 14.2 Å². The molecule has 0 aromatic heterocycles. The van der Waals surface area contributed by atoms with E-state index in [-0.39, 0.29) is 29.3 Å². The van der Waals surface area contributed by atoms with Gasteiger partial charge in [0.25, 0.3) is 0 Å². The molecular formula is C24H37F2N5O3. The van der Waals surface area contributed by atoms with Gasteiger partial charge in [0, 0.05) is 62.7 Å². The van der Waals surface area contributed by atoms with Gasteiger partial charge in [-0.2, -0.15) is 0 Å². The topological polar surface area (TPSA) is 61.5 Å². The average molecular weight is 482 g/mol. The monoisotopic (exact) mass is 481 g/mol. The van der Waals surface area contributed by atoms with Crippen molar-refractivity contribution in [2.45, 2.75) is 31.6 Å². The van der Waals surface area contributed by atoms with Crippen LogP contribution in [0.4, 0.5) is 14.5 Å². The maximum Gasteiger partial charge on any atom is 0.191 e. The smallest absolute Gasteiger partial charge is 0.191 e. The second kappa shape index (κ2) is 10.1. The summed E-state index contributed by atoms with van der Waals surface area (Å²) in [6, 6.07) is 2.08. The summed E-state index contributed by atoms with van der Waals surface area (Å²) in [5.41, 5.74) is -0.0648. The van der Waals surface area contributed by atoms with E-state index >= 15 is 8.78 Å². The largest absolute Gasteiger partial charge is 0.493 e. The van der Waals surface area contributed by atoms with Crippen molar-refractivity contribution in [3.05, 3.63) is 17.7 Å². The normalized spacial score (nSPS) is 32.4. The Hall–Kier alpha value is -1.72. The minimum absolute atomic E-state index is 0.00815. The predicted octanol–water partition coefficient (Wildman–Crippen LogP) is 1.31. The fourth-order valence-corrected chi connectivity index (χ4v) is 6.45. The van der Waals surface area contributed by atoms with Crippen molar-refractivity contribution in [3.63, 3.8) is 0 Å². The zero-order chi connectivity index (χ0) is 23.8. The molecule has 4 aliphatic rings. The number of methoxy groups -OCH3 is 2. The van der Waals surface area contributed by atoms with E-state index in [1.165, 1.54) is 20.3 Å². The van der Waals surface area contributed by atoms with Gasteiger partial charge >= 0.3 is 0 Å². The number of rotatable bonds is 6. The number of fused-ring (bicyclic) bond motifs is 3. The maximum absolute atomic E-state index is 15.3. The van der Waals surface area contributed by atoms with Gasteiger partial charge in [0.2, 0.25) is 0 Å². The molecule has 34 heavy (non-hydrogen) atoms. The highest BCUT2D eigenvalue weighted by molar-refractivity contribution is 5.59. The molecule has 5 unspecified atom stereocenters. The minimum Gasteiger partial charge on any atom is -0.493 e. The molecule has 5 rings (SSSR count). The van der Waals surface area contributed by atoms with Crippen molar-refractivity contribution in [1.29, 1.82) is 0 Å². The Morgan fingerprint density at radius 2 is 1.82 bits per heavy atom. The van der Waals surface area contributed by atoms with Gasteiger partial charge in [-0.1, -0.05) is 6.92 Å². The number of hydrogen-bond acceptors (Lipinski definition) is 8. The Labute approximate surface area is 200 Å². The number of nitrogens with one attached hydrogen (secondary N) is 2. The summed E-state index contributed by atoms with van der Waals surface area (Å²) in [4.78, 5) is 6.68. The molecule has 190 valence electrons. The van der Waals surface area contributed by atoms with E-state index in [1.54, 1.807) is 0 Å². The predicted molar refractivity (Wildman–Crippen MR) is 125 cm³/mol. The van der Waals surface area contributed by atoms with Crippen molar-refractivity contribution < 1.29 is 23.0 Å². The maximum atomic E-state index is 15.3. The molecule has 5 atom stereocenters. The number of anilines is 1. The lowest BCUT2D eigenvalue weighted by molar-refractivity contribution is 0.0274. The number of halogens is 2. The standard InChI is InChI=1S/C24H37F2N5O3/c1-4-30-14-31(23-20(25)18(32-2)10-19(33-3)21(23)26)12-15-11-27-24-17(22(15)30)9-16(28-24)13-29-5-7-34-8-6-29/h10,15-17,22,24,27-28H,4-9,11-14H2,1-3H3. The van der Waals surface area contributed by atoms with Gasteiger partial charge in [0.15, 0.2) is 23.1 Å². The Balaban J connectivity index is 1.35. The second-order valence-electron chi connectivity index (χ2n) is 9.84. The van der Waals surface area contributed by atoms with Gasteiger partial charge in [0.1, 0.15) is 5.69 Å². The lowest BCUT2D eigenvalue weighted by Crippen LogP contribution is -2.67. The molecule has 4 fully saturated rings. The third-order valence-electron chi connectivity index (χ3n) is 8.01. The summed E-state index contributed by atoms with van der Waals surface area (Å²) in [5, 5.41) is 7.52. The first-order valence-corrected chi connectivity index (χ1v) is 12.4. The van der Waals surface area contributed by atoms with Crippen LogP contribution in [0.25, 0.3) is 0 Å². The molecule has 0 spiro atoms. The molecule has 2 N–H and O–H groups in total. The highest BCUT2D eigenvalue weighted by Gasteiger charge is 2.50. The lowest BCUT2D eigenvalue weighted by Gasteiger charge is -2.53. The molecule has 1 aromatic carbocycles. The highest BCUT2D eigenvalue weighted by Crippen LogP contribution is 2.42. The van der Waals surface area contributed by atoms with Crippen LogP contribution in [0.5, 0.6) is 11.5 Å². The summed E-state index contributed by atoms with van der Waals surface area (Å²) in [7, 11) is 2.77. The molecule has 1 aromatic rings. The number of morpholine rings is 1. The zero-order valence-electron chi connectivity index (χ0n) is 20.4. The first-order valence-electron chi connectivity index (χ1n) is 12.4. The van der Waals surface area contributed by atoms with E-state index in [0.717, 1.165) is 52.4 Å². The molecule has 0 saturated carbocycles. The molecule has 0 bridgehead atoms. The van der Waals surface area contributed by atoms with E-state index in [9.17, 15) is 0 Å². The van der Waals surface area contributed by atoms with Gasteiger partial charge in [-0.25, -0.2) is 8.78 Å². The first kappa shape index (κ1) is 24.0. The minimum atomic E-state index is -0.676. The molecule has 4 saturated heterocycles. The van der Waals surface area contributed by atoms with Crippen LogP contribution < -0.4 is 25.0 Å². The molecule has 4 aliphatic heterocycles. The van der Waals surface area contributed by atoms with Crippen LogP contribution in [-0.2, 0) is 4.74 Å². The summed E-state index contributed by atoms with van der Waals surface area (Å²) in [6.45, 7) is 9.44. The van der Waals surface area contributed by atoms with E-state index in [1.807, 2.05) is 4.90 Å². The molecule has 0 aliphatic carbocycles. The lowest BCUT2D eigenvalue weighted by atomic mass is 9.79. The number of hydrogen-bond donors (Lipinski definition) is 2. The van der Waals surface area contributed by atoms with Crippen LogP contribution in [-0.4, -0.2) is 101 Å². The number of ether oxygens (including phenoxy) is 3. The highest BCUT2D eigenvalue weighted by atomic mass is 19.1. The molecule has 0 amide bonds. The Bertz CT molecular complexity index is 835. The Morgan fingerprint density at radius 1 is 1.12 bits per heavy atom. The van der Waals surface area contributed by atoms with E-state index < -0.39 is 11.6 Å². The van der Waals surface area contributed by atoms with Crippen LogP contribution in [0.1, 0.15) is 13.3 Å². The fourth-order valence-electron chi connectivity index (χ4n) is 6.45. The van der Waals surface area contributed by atoms with Crippen LogP contribution in [0.3, 0.4) is 0 Å². The van der Waals surface area contributed by atoms with Crippen LogP contribution >= 0.6 is 0 Å². The molecule has 8 nitrogen and oxygen atoms in total. The SMILES string of the molecule is CCN1CN(c2c(F)c(OC)cc(OC)c2F)CC2CNC3NC(CN4CCOCC4)CC3C21. The van der Waals surface area contributed by atoms with Crippen molar-refractivity contribution in [2.75, 3.05) is 78.3 Å². The molecule has 10 heteroatoms. The van der Waals surface area contributed by atoms with E-state index in [2.05, 4.69) is 27.4 Å². The van der Waals surface area contributed by atoms with Gasteiger partial charge in [-0.05, 0) is 13.0 Å². The summed E-state index contributed by atoms with van der Waals surface area (Å²) in [5.74, 6) is -0.649. The van der Waals surface area contributed by atoms with Crippen LogP contribution in [0.15, 0.2) is 6.07 Å². The number of piperidine rings is 1. The summed E-state index contributed by atoms with van der Waals surface area (Å²) < 4.78 is 46.4. The van der Waals surface area contributed by atoms with Crippen molar-refractivity contribution >= 4 is 5.69 Å². The van der Waals surface area contributed by atoms with Crippen molar-refractivity contribution in [1.82, 2.24) is 20.4 Å². The third kappa shape index (κ3) is 4.35. The molecule has 0 radical (unpaired) electrons. The zero-order valence-corrected chi connectivity index (χ0v) is 20.4. The van der Waals surface area contributed by atoms with Crippen molar-refractivity contribution in [3.8, 4) is 11.5 Å². The first-order chi connectivity index (χ1) is 16.5. The Morgan fingerprint density at radius 3 is 2.47 bits per heavy atom.